The minimum absolute atomic E-state index is 0.0464. The lowest BCUT2D eigenvalue weighted by atomic mass is 10.1. The molecule has 0 saturated heterocycles. The largest absolute Gasteiger partial charge is 0.478 e. The third-order valence-electron chi connectivity index (χ3n) is 2.01. The van der Waals surface area contributed by atoms with Gasteiger partial charge in [0.2, 0.25) is 0 Å². The van der Waals surface area contributed by atoms with Gasteiger partial charge in [-0.1, -0.05) is 18.7 Å². The highest BCUT2D eigenvalue weighted by Gasteiger charge is 2.12. The van der Waals surface area contributed by atoms with Crippen molar-refractivity contribution in [3.05, 3.63) is 35.9 Å². The van der Waals surface area contributed by atoms with E-state index in [0.29, 0.717) is 5.56 Å². The van der Waals surface area contributed by atoms with Gasteiger partial charge in [-0.05, 0) is 24.1 Å². The number of hydrogen-bond donors (Lipinski definition) is 1. The van der Waals surface area contributed by atoms with Crippen LogP contribution >= 0.6 is 0 Å². The molecule has 0 heterocycles. The van der Waals surface area contributed by atoms with Crippen LogP contribution in [0.3, 0.4) is 0 Å². The summed E-state index contributed by atoms with van der Waals surface area (Å²) in [7, 11) is 0. The van der Waals surface area contributed by atoms with Gasteiger partial charge in [-0.2, -0.15) is 8.78 Å². The summed E-state index contributed by atoms with van der Waals surface area (Å²) in [6, 6.07) is 4.23. The van der Waals surface area contributed by atoms with E-state index in [1.165, 1.54) is 18.2 Å². The van der Waals surface area contributed by atoms with Gasteiger partial charge >= 0.3 is 12.6 Å². The number of carbonyl (C=O) groups is 1. The summed E-state index contributed by atoms with van der Waals surface area (Å²) in [6.45, 7) is 1.98. The fourth-order valence-corrected chi connectivity index (χ4v) is 1.13. The highest BCUT2D eigenvalue weighted by atomic mass is 19.3. The van der Waals surface area contributed by atoms with Gasteiger partial charge in [0.25, 0.3) is 0 Å². The Bertz CT molecular complexity index is 427. The Labute approximate surface area is 91.0 Å². The van der Waals surface area contributed by atoms with E-state index in [-0.39, 0.29) is 16.9 Å². The van der Waals surface area contributed by atoms with Crippen LogP contribution in [-0.2, 0) is 4.79 Å². The lowest BCUT2D eigenvalue weighted by Crippen LogP contribution is -2.04. The fourth-order valence-electron chi connectivity index (χ4n) is 1.13. The Morgan fingerprint density at radius 3 is 2.62 bits per heavy atom. The molecule has 0 aliphatic carbocycles. The average Bonchev–Trinajstić information content (AvgIpc) is 2.19. The van der Waals surface area contributed by atoms with Crippen molar-refractivity contribution in [3.8, 4) is 5.75 Å². The second-order valence-electron chi connectivity index (χ2n) is 3.14. The zero-order valence-electron chi connectivity index (χ0n) is 8.54. The van der Waals surface area contributed by atoms with Gasteiger partial charge in [0.05, 0.1) is 5.57 Å². The van der Waals surface area contributed by atoms with Gasteiger partial charge in [0.1, 0.15) is 5.75 Å². The molecule has 0 aromatic heterocycles. The third kappa shape index (κ3) is 2.79. The van der Waals surface area contributed by atoms with E-state index in [1.54, 1.807) is 6.92 Å². The van der Waals surface area contributed by atoms with E-state index in [2.05, 4.69) is 11.3 Å². The van der Waals surface area contributed by atoms with E-state index < -0.39 is 12.6 Å². The maximum atomic E-state index is 12.0. The van der Waals surface area contributed by atoms with Crippen molar-refractivity contribution in [3.63, 3.8) is 0 Å². The zero-order valence-corrected chi connectivity index (χ0v) is 8.54. The van der Waals surface area contributed by atoms with Crippen LogP contribution in [0.5, 0.6) is 5.75 Å². The minimum Gasteiger partial charge on any atom is -0.478 e. The van der Waals surface area contributed by atoms with Gasteiger partial charge in [-0.3, -0.25) is 0 Å². The summed E-state index contributed by atoms with van der Waals surface area (Å²) in [5.74, 6) is -1.25. The number of ether oxygens (including phenoxy) is 1. The van der Waals surface area contributed by atoms with Crippen LogP contribution < -0.4 is 4.74 Å². The molecule has 0 aliphatic rings. The molecule has 3 nitrogen and oxygen atoms in total. The van der Waals surface area contributed by atoms with Crippen molar-refractivity contribution in [2.24, 2.45) is 0 Å². The Hall–Kier alpha value is -1.91. The maximum Gasteiger partial charge on any atom is 0.387 e. The van der Waals surface area contributed by atoms with E-state index in [9.17, 15) is 13.6 Å². The van der Waals surface area contributed by atoms with Crippen LogP contribution in [0.15, 0.2) is 24.8 Å². The van der Waals surface area contributed by atoms with Crippen LogP contribution in [0.4, 0.5) is 8.78 Å². The molecule has 0 radical (unpaired) electrons. The van der Waals surface area contributed by atoms with Gasteiger partial charge in [-0.15, -0.1) is 0 Å². The molecule has 1 rings (SSSR count). The Morgan fingerprint density at radius 1 is 1.50 bits per heavy atom. The number of alkyl halides is 2. The molecule has 0 fully saturated rings. The van der Waals surface area contributed by atoms with Crippen molar-refractivity contribution in [1.82, 2.24) is 0 Å². The fraction of sp³-hybridized carbons (Fsp3) is 0.182. The molecule has 0 amide bonds. The Balaban J connectivity index is 3.07. The van der Waals surface area contributed by atoms with Crippen LogP contribution in [0.25, 0.3) is 5.57 Å². The summed E-state index contributed by atoms with van der Waals surface area (Å²) >= 11 is 0. The average molecular weight is 228 g/mol. The molecule has 0 unspecified atom stereocenters. The first kappa shape index (κ1) is 12.2. The summed E-state index contributed by atoms with van der Waals surface area (Å²) in [6.07, 6.45) is 0. The molecule has 1 aromatic rings. The van der Waals surface area contributed by atoms with Crippen molar-refractivity contribution in [2.75, 3.05) is 0 Å². The second-order valence-corrected chi connectivity index (χ2v) is 3.14. The van der Waals surface area contributed by atoms with Crippen molar-refractivity contribution in [2.45, 2.75) is 13.5 Å². The smallest absolute Gasteiger partial charge is 0.387 e. The first-order valence-corrected chi connectivity index (χ1v) is 4.40. The summed E-state index contributed by atoms with van der Waals surface area (Å²) in [5.41, 5.74) is 0.579. The summed E-state index contributed by atoms with van der Waals surface area (Å²) < 4.78 is 28.3. The van der Waals surface area contributed by atoms with Gasteiger partial charge in [0.15, 0.2) is 0 Å². The van der Waals surface area contributed by atoms with E-state index in [4.69, 9.17) is 5.11 Å². The van der Waals surface area contributed by atoms with Crippen LogP contribution in [0.2, 0.25) is 0 Å². The first-order chi connectivity index (χ1) is 7.41. The summed E-state index contributed by atoms with van der Waals surface area (Å²) in [5, 5.41) is 8.69. The number of benzene rings is 1. The van der Waals surface area contributed by atoms with Gasteiger partial charge in [-0.25, -0.2) is 4.79 Å². The monoisotopic (exact) mass is 228 g/mol. The quantitative estimate of drug-likeness (QED) is 0.806. The van der Waals surface area contributed by atoms with Crippen molar-refractivity contribution in [1.29, 1.82) is 0 Å². The molecular weight excluding hydrogens is 218 g/mol. The lowest BCUT2D eigenvalue weighted by Gasteiger charge is -2.09. The molecule has 1 aromatic carbocycles. The molecule has 0 bridgehead atoms. The molecule has 0 spiro atoms. The van der Waals surface area contributed by atoms with Crippen molar-refractivity contribution >= 4 is 11.5 Å². The molecular formula is C11H10F2O3. The third-order valence-corrected chi connectivity index (χ3v) is 2.01. The minimum atomic E-state index is -2.94. The second kappa shape index (κ2) is 4.74. The maximum absolute atomic E-state index is 12.0. The SMILES string of the molecule is C=C(C(=O)O)c1ccc(C)c(OC(F)F)c1. The number of halogens is 2. The normalized spacial score (nSPS) is 10.2. The van der Waals surface area contributed by atoms with Crippen LogP contribution in [0.1, 0.15) is 11.1 Å². The van der Waals surface area contributed by atoms with Gasteiger partial charge in [0, 0.05) is 0 Å². The lowest BCUT2D eigenvalue weighted by molar-refractivity contribution is -0.130. The first-order valence-electron chi connectivity index (χ1n) is 4.40. The number of aryl methyl sites for hydroxylation is 1. The number of carboxylic acids is 1. The number of rotatable bonds is 4. The topological polar surface area (TPSA) is 46.5 Å². The number of aliphatic carboxylic acids is 1. The number of carboxylic acid groups (broad SMARTS) is 1. The number of hydrogen-bond acceptors (Lipinski definition) is 2. The zero-order chi connectivity index (χ0) is 12.3. The molecule has 16 heavy (non-hydrogen) atoms. The predicted octanol–water partition coefficient (Wildman–Crippen LogP) is 2.69. The molecule has 0 aliphatic heterocycles. The molecule has 86 valence electrons. The highest BCUT2D eigenvalue weighted by molar-refractivity contribution is 6.14. The van der Waals surface area contributed by atoms with E-state index in [1.807, 2.05) is 0 Å². The molecule has 0 atom stereocenters. The summed E-state index contributed by atoms with van der Waals surface area (Å²) in [4.78, 5) is 10.6. The molecule has 1 N–H and O–H groups in total. The van der Waals surface area contributed by atoms with E-state index >= 15 is 0 Å². The molecule has 5 heteroatoms. The standard InChI is InChI=1S/C11H10F2O3/c1-6-3-4-8(7(2)10(14)15)5-9(6)16-11(12)13/h3-5,11H,2H2,1H3,(H,14,15). The van der Waals surface area contributed by atoms with Crippen LogP contribution in [-0.4, -0.2) is 17.7 Å². The van der Waals surface area contributed by atoms with Crippen LogP contribution in [0, 0.1) is 6.92 Å². The van der Waals surface area contributed by atoms with Gasteiger partial charge < -0.3 is 9.84 Å². The Morgan fingerprint density at radius 2 is 2.12 bits per heavy atom. The van der Waals surface area contributed by atoms with E-state index in [0.717, 1.165) is 0 Å². The predicted molar refractivity (Wildman–Crippen MR) is 54.5 cm³/mol. The highest BCUT2D eigenvalue weighted by Crippen LogP contribution is 2.24. The Kier molecular flexibility index (Phi) is 3.60. The van der Waals surface area contributed by atoms with Crippen molar-refractivity contribution < 1.29 is 23.4 Å². The molecule has 0 saturated carbocycles.